The summed E-state index contributed by atoms with van der Waals surface area (Å²) in [6.07, 6.45) is 4.94. The number of rotatable bonds is 2. The van der Waals surface area contributed by atoms with Gasteiger partial charge < -0.3 is 5.32 Å². The average molecular weight is 110 g/mol. The minimum Gasteiger partial charge on any atom is -0.315 e. The normalized spacial score (nSPS) is 16.9. The van der Waals surface area contributed by atoms with Crippen molar-refractivity contribution in [3.63, 3.8) is 0 Å². The van der Waals surface area contributed by atoms with Gasteiger partial charge in [-0.2, -0.15) is 0 Å². The molecule has 0 spiro atoms. The van der Waals surface area contributed by atoms with Gasteiger partial charge in [-0.25, -0.2) is 0 Å². The second-order valence-corrected chi connectivity index (χ2v) is 1.81. The number of nitrogens with one attached hydrogen (secondary N) is 1. The summed E-state index contributed by atoms with van der Waals surface area (Å²) in [4.78, 5) is 4.10. The van der Waals surface area contributed by atoms with Crippen molar-refractivity contribution in [1.29, 1.82) is 0 Å². The first-order valence-corrected chi connectivity index (χ1v) is 2.78. The zero-order valence-electron chi connectivity index (χ0n) is 5.02. The second-order valence-electron chi connectivity index (χ2n) is 1.81. The van der Waals surface area contributed by atoms with Gasteiger partial charge in [0.15, 0.2) is 0 Å². The van der Waals surface area contributed by atoms with E-state index in [1.165, 1.54) is 5.71 Å². The molecular formula is C6H10N2. The van der Waals surface area contributed by atoms with Crippen molar-refractivity contribution in [3.05, 3.63) is 12.3 Å². The highest BCUT2D eigenvalue weighted by Gasteiger charge is 1.96. The Bertz CT molecular complexity index is 124. The van der Waals surface area contributed by atoms with Crippen LogP contribution in [0.5, 0.6) is 0 Å². The Balaban J connectivity index is 2.28. The summed E-state index contributed by atoms with van der Waals surface area (Å²) in [6, 6.07) is 0. The monoisotopic (exact) mass is 110 g/mol. The highest BCUT2D eigenvalue weighted by molar-refractivity contribution is 5.89. The van der Waals surface area contributed by atoms with Crippen molar-refractivity contribution in [2.24, 2.45) is 4.99 Å². The fourth-order valence-corrected chi connectivity index (χ4v) is 0.721. The summed E-state index contributed by atoms with van der Waals surface area (Å²) in [5.41, 5.74) is 1.23. The maximum Gasteiger partial charge on any atom is 0.0355 e. The van der Waals surface area contributed by atoms with Gasteiger partial charge in [0.25, 0.3) is 0 Å². The van der Waals surface area contributed by atoms with Crippen molar-refractivity contribution in [3.8, 4) is 0 Å². The van der Waals surface area contributed by atoms with Crippen LogP contribution in [0.4, 0.5) is 0 Å². The van der Waals surface area contributed by atoms with E-state index in [9.17, 15) is 0 Å². The van der Waals surface area contributed by atoms with Gasteiger partial charge in [-0.3, -0.25) is 4.99 Å². The maximum atomic E-state index is 4.10. The molecule has 2 heteroatoms. The minimum absolute atomic E-state index is 0.924. The highest BCUT2D eigenvalue weighted by Crippen LogP contribution is 1.97. The molecule has 2 nitrogen and oxygen atoms in total. The zero-order valence-corrected chi connectivity index (χ0v) is 5.02. The smallest absolute Gasteiger partial charge is 0.0355 e. The van der Waals surface area contributed by atoms with E-state index in [4.69, 9.17) is 0 Å². The van der Waals surface area contributed by atoms with Crippen molar-refractivity contribution < 1.29 is 0 Å². The van der Waals surface area contributed by atoms with E-state index in [1.54, 1.807) is 0 Å². The van der Waals surface area contributed by atoms with Gasteiger partial charge in [-0.05, 0) is 7.05 Å². The fraction of sp³-hybridized carbons (Fsp3) is 0.500. The summed E-state index contributed by atoms with van der Waals surface area (Å²) >= 11 is 0. The molecule has 1 rings (SSSR count). The van der Waals surface area contributed by atoms with Gasteiger partial charge in [0.2, 0.25) is 0 Å². The molecule has 1 heterocycles. The molecule has 0 bridgehead atoms. The molecule has 0 radical (unpaired) electrons. The Morgan fingerprint density at radius 3 is 3.25 bits per heavy atom. The molecule has 44 valence electrons. The maximum absolute atomic E-state index is 4.10. The van der Waals surface area contributed by atoms with Crippen molar-refractivity contribution >= 4 is 5.71 Å². The molecule has 1 aliphatic rings. The standard InChI is InChI=1S/C6H10N2/c1-7-5-6-3-2-4-8-6/h2,4,7H,3,5H2,1H3. The summed E-state index contributed by atoms with van der Waals surface area (Å²) < 4.78 is 0. The average Bonchev–Trinajstić information content (AvgIpc) is 2.19. The molecule has 1 aliphatic heterocycles. The first kappa shape index (κ1) is 5.51. The predicted molar refractivity (Wildman–Crippen MR) is 35.1 cm³/mol. The zero-order chi connectivity index (χ0) is 5.82. The SMILES string of the molecule is CNCC1=NC=CC1. The van der Waals surface area contributed by atoms with E-state index in [0.717, 1.165) is 13.0 Å². The molecule has 0 aromatic rings. The molecule has 0 unspecified atom stereocenters. The van der Waals surface area contributed by atoms with E-state index < -0.39 is 0 Å². The number of allylic oxidation sites excluding steroid dienone is 1. The molecule has 0 atom stereocenters. The van der Waals surface area contributed by atoms with Crippen LogP contribution < -0.4 is 5.32 Å². The Hall–Kier alpha value is -0.630. The molecule has 0 aromatic heterocycles. The van der Waals surface area contributed by atoms with Crippen LogP contribution in [0.1, 0.15) is 6.42 Å². The van der Waals surface area contributed by atoms with E-state index in [2.05, 4.69) is 16.4 Å². The lowest BCUT2D eigenvalue weighted by molar-refractivity contribution is 0.939. The predicted octanol–water partition coefficient (Wildman–Crippen LogP) is 0.564. The fourth-order valence-electron chi connectivity index (χ4n) is 0.721. The largest absolute Gasteiger partial charge is 0.315 e. The van der Waals surface area contributed by atoms with E-state index in [0.29, 0.717) is 0 Å². The number of aliphatic imine (C=N–C) groups is 1. The molecule has 0 saturated heterocycles. The van der Waals surface area contributed by atoms with Gasteiger partial charge in [-0.15, -0.1) is 0 Å². The second kappa shape index (κ2) is 2.62. The molecule has 0 aromatic carbocycles. The first-order valence-electron chi connectivity index (χ1n) is 2.78. The van der Waals surface area contributed by atoms with Crippen LogP contribution >= 0.6 is 0 Å². The lowest BCUT2D eigenvalue weighted by Gasteiger charge is -1.94. The van der Waals surface area contributed by atoms with Crippen LogP contribution in [0.3, 0.4) is 0 Å². The van der Waals surface area contributed by atoms with Crippen molar-refractivity contribution in [2.45, 2.75) is 6.42 Å². The third kappa shape index (κ3) is 1.17. The van der Waals surface area contributed by atoms with Crippen LogP contribution in [0.25, 0.3) is 0 Å². The van der Waals surface area contributed by atoms with Gasteiger partial charge >= 0.3 is 0 Å². The van der Waals surface area contributed by atoms with E-state index in [1.807, 2.05) is 13.2 Å². The van der Waals surface area contributed by atoms with Crippen LogP contribution in [-0.2, 0) is 0 Å². The lowest BCUT2D eigenvalue weighted by Crippen LogP contribution is -2.16. The third-order valence-corrected chi connectivity index (χ3v) is 1.10. The molecule has 8 heavy (non-hydrogen) atoms. The summed E-state index contributed by atoms with van der Waals surface area (Å²) in [7, 11) is 1.93. The topological polar surface area (TPSA) is 24.4 Å². The van der Waals surface area contributed by atoms with Gasteiger partial charge in [0.05, 0.1) is 0 Å². The molecule has 0 aliphatic carbocycles. The Morgan fingerprint density at radius 2 is 2.75 bits per heavy atom. The van der Waals surface area contributed by atoms with Crippen molar-refractivity contribution in [1.82, 2.24) is 5.32 Å². The summed E-state index contributed by atoms with van der Waals surface area (Å²) in [5.74, 6) is 0. The third-order valence-electron chi connectivity index (χ3n) is 1.10. The molecule has 0 amide bonds. The Labute approximate surface area is 49.3 Å². The highest BCUT2D eigenvalue weighted by atomic mass is 14.9. The number of hydrogen-bond acceptors (Lipinski definition) is 2. The number of hydrogen-bond donors (Lipinski definition) is 1. The van der Waals surface area contributed by atoms with E-state index >= 15 is 0 Å². The van der Waals surface area contributed by atoms with Crippen LogP contribution in [0, 0.1) is 0 Å². The molecule has 0 saturated carbocycles. The quantitative estimate of drug-likeness (QED) is 0.552. The number of nitrogens with zero attached hydrogens (tertiary/aromatic N) is 1. The first-order chi connectivity index (χ1) is 3.93. The Morgan fingerprint density at radius 1 is 1.88 bits per heavy atom. The Kier molecular flexibility index (Phi) is 1.80. The summed E-state index contributed by atoms with van der Waals surface area (Å²) in [5, 5.41) is 3.04. The lowest BCUT2D eigenvalue weighted by atomic mass is 10.3. The van der Waals surface area contributed by atoms with Crippen molar-refractivity contribution in [2.75, 3.05) is 13.6 Å². The van der Waals surface area contributed by atoms with Gasteiger partial charge in [0, 0.05) is 24.9 Å². The minimum atomic E-state index is 0.924. The summed E-state index contributed by atoms with van der Waals surface area (Å²) in [6.45, 7) is 0.924. The van der Waals surface area contributed by atoms with Crippen LogP contribution in [0.15, 0.2) is 17.3 Å². The van der Waals surface area contributed by atoms with Gasteiger partial charge in [0.1, 0.15) is 0 Å². The van der Waals surface area contributed by atoms with Crippen LogP contribution in [0.2, 0.25) is 0 Å². The van der Waals surface area contributed by atoms with E-state index in [-0.39, 0.29) is 0 Å². The molecule has 1 N–H and O–H groups in total. The molecule has 0 fully saturated rings. The molecular weight excluding hydrogens is 100 g/mol. The van der Waals surface area contributed by atoms with Crippen LogP contribution in [-0.4, -0.2) is 19.3 Å². The van der Waals surface area contributed by atoms with Gasteiger partial charge in [-0.1, -0.05) is 6.08 Å².